The zero-order chi connectivity index (χ0) is 12.8. The highest BCUT2D eigenvalue weighted by Gasteiger charge is 2.56. The van der Waals surface area contributed by atoms with Gasteiger partial charge in [0.05, 0.1) is 25.0 Å². The van der Waals surface area contributed by atoms with Gasteiger partial charge >= 0.3 is 0 Å². The summed E-state index contributed by atoms with van der Waals surface area (Å²) in [4.78, 5) is 24.1. The smallest absolute Gasteiger partial charge is 0.187 e. The zero-order valence-electron chi connectivity index (χ0n) is 10.9. The van der Waals surface area contributed by atoms with Crippen molar-refractivity contribution in [3.63, 3.8) is 0 Å². The van der Waals surface area contributed by atoms with Crippen LogP contribution < -0.4 is 0 Å². The molecule has 0 unspecified atom stereocenters. The van der Waals surface area contributed by atoms with Gasteiger partial charge in [0.15, 0.2) is 5.79 Å². The Kier molecular flexibility index (Phi) is 3.12. The largest absolute Gasteiger partial charge is 0.348 e. The van der Waals surface area contributed by atoms with Crippen molar-refractivity contribution in [3.8, 4) is 0 Å². The van der Waals surface area contributed by atoms with E-state index in [0.29, 0.717) is 13.2 Å². The van der Waals surface area contributed by atoms with Crippen LogP contribution in [0, 0.1) is 23.7 Å². The topological polar surface area (TPSA) is 52.6 Å². The summed E-state index contributed by atoms with van der Waals surface area (Å²) in [6.45, 7) is 7.99. The molecule has 0 aromatic carbocycles. The lowest BCUT2D eigenvalue weighted by Gasteiger charge is -2.49. The van der Waals surface area contributed by atoms with E-state index in [2.05, 4.69) is 0 Å². The minimum absolute atomic E-state index is 0.110. The highest BCUT2D eigenvalue weighted by atomic mass is 16.7. The van der Waals surface area contributed by atoms with Gasteiger partial charge in [0, 0.05) is 11.8 Å². The molecule has 0 radical (unpaired) electrons. The fraction of sp³-hybridized carbons (Fsp3) is 0.846. The van der Waals surface area contributed by atoms with Crippen LogP contribution in [0.3, 0.4) is 0 Å². The molecule has 2 heterocycles. The summed E-state index contributed by atoms with van der Waals surface area (Å²) in [5.74, 6) is -1.74. The molecule has 4 atom stereocenters. The highest BCUT2D eigenvalue weighted by molar-refractivity contribution is 5.89. The monoisotopic (exact) mass is 240 g/mol. The third-order valence-corrected chi connectivity index (χ3v) is 4.15. The van der Waals surface area contributed by atoms with Crippen LogP contribution in [0.4, 0.5) is 0 Å². The van der Waals surface area contributed by atoms with Crippen LogP contribution in [-0.2, 0) is 19.1 Å². The number of hydrogen-bond acceptors (Lipinski definition) is 4. The standard InChI is InChI=1S/C13H20O4/c1-7-5-16-13(9(3)11(7)14)10(4)12(15)8(2)6-17-13/h7-10H,5-6H2,1-4H3/t7-,8-,9+,10+,13?/m0/s1. The molecule has 2 saturated heterocycles. The normalized spacial score (nSPS) is 47.5. The molecule has 0 aliphatic carbocycles. The van der Waals surface area contributed by atoms with Crippen molar-refractivity contribution in [3.05, 3.63) is 0 Å². The van der Waals surface area contributed by atoms with Crippen molar-refractivity contribution in [1.29, 1.82) is 0 Å². The second kappa shape index (κ2) is 4.18. The molecule has 2 aliphatic rings. The third-order valence-electron chi connectivity index (χ3n) is 4.15. The quantitative estimate of drug-likeness (QED) is 0.642. The predicted molar refractivity (Wildman–Crippen MR) is 61.3 cm³/mol. The number of hydrogen-bond donors (Lipinski definition) is 0. The maximum atomic E-state index is 12.1. The number of carbonyl (C=O) groups excluding carboxylic acids is 2. The number of rotatable bonds is 0. The maximum Gasteiger partial charge on any atom is 0.187 e. The van der Waals surface area contributed by atoms with Gasteiger partial charge in [-0.15, -0.1) is 0 Å². The molecule has 1 spiro atoms. The molecule has 17 heavy (non-hydrogen) atoms. The second-order valence-corrected chi connectivity index (χ2v) is 5.39. The first-order valence-corrected chi connectivity index (χ1v) is 6.25. The van der Waals surface area contributed by atoms with Crippen LogP contribution >= 0.6 is 0 Å². The van der Waals surface area contributed by atoms with Crippen molar-refractivity contribution < 1.29 is 19.1 Å². The maximum absolute atomic E-state index is 12.1. The van der Waals surface area contributed by atoms with Gasteiger partial charge in [-0.1, -0.05) is 27.7 Å². The van der Waals surface area contributed by atoms with E-state index in [4.69, 9.17) is 9.47 Å². The Morgan fingerprint density at radius 1 is 0.882 bits per heavy atom. The van der Waals surface area contributed by atoms with E-state index in [1.54, 1.807) is 13.8 Å². The van der Waals surface area contributed by atoms with Crippen molar-refractivity contribution in [2.45, 2.75) is 33.5 Å². The van der Waals surface area contributed by atoms with Crippen LogP contribution in [-0.4, -0.2) is 30.6 Å². The first-order chi connectivity index (χ1) is 7.90. The molecule has 0 amide bonds. The van der Waals surface area contributed by atoms with E-state index in [-0.39, 0.29) is 35.2 Å². The van der Waals surface area contributed by atoms with Crippen molar-refractivity contribution in [2.75, 3.05) is 13.2 Å². The molecular weight excluding hydrogens is 220 g/mol. The number of carbonyl (C=O) groups is 2. The fourth-order valence-electron chi connectivity index (χ4n) is 2.84. The molecule has 0 N–H and O–H groups in total. The third kappa shape index (κ3) is 1.74. The van der Waals surface area contributed by atoms with E-state index in [1.165, 1.54) is 0 Å². The summed E-state index contributed by atoms with van der Waals surface area (Å²) in [5, 5.41) is 0. The first kappa shape index (κ1) is 12.7. The fourth-order valence-corrected chi connectivity index (χ4v) is 2.84. The van der Waals surface area contributed by atoms with Crippen molar-refractivity contribution >= 4 is 11.6 Å². The van der Waals surface area contributed by atoms with Crippen LogP contribution in [0.25, 0.3) is 0 Å². The molecule has 0 saturated carbocycles. The van der Waals surface area contributed by atoms with E-state index < -0.39 is 5.79 Å². The molecule has 96 valence electrons. The van der Waals surface area contributed by atoms with Gasteiger partial charge in [0.1, 0.15) is 11.6 Å². The molecule has 4 nitrogen and oxygen atoms in total. The van der Waals surface area contributed by atoms with Crippen LogP contribution in [0.15, 0.2) is 0 Å². The van der Waals surface area contributed by atoms with Gasteiger partial charge in [0.2, 0.25) is 0 Å². The Morgan fingerprint density at radius 3 is 1.59 bits per heavy atom. The summed E-state index contributed by atoms with van der Waals surface area (Å²) in [6, 6.07) is 0. The molecule has 0 bridgehead atoms. The predicted octanol–water partition coefficient (Wildman–Crippen LogP) is 1.43. The van der Waals surface area contributed by atoms with Gasteiger partial charge in [-0.2, -0.15) is 0 Å². The SMILES string of the molecule is C[C@@H]1C(=O)[C@@H](C)COC12OC[C@H](C)C(=O)[C@H]2C. The second-order valence-electron chi connectivity index (χ2n) is 5.39. The lowest BCUT2D eigenvalue weighted by molar-refractivity contribution is -0.309. The highest BCUT2D eigenvalue weighted by Crippen LogP contribution is 2.42. The Balaban J connectivity index is 2.30. The van der Waals surface area contributed by atoms with Crippen LogP contribution in [0.2, 0.25) is 0 Å². The Morgan fingerprint density at radius 2 is 1.24 bits per heavy atom. The summed E-state index contributed by atoms with van der Waals surface area (Å²) >= 11 is 0. The summed E-state index contributed by atoms with van der Waals surface area (Å²) in [6.07, 6.45) is 0. The average Bonchev–Trinajstić information content (AvgIpc) is 2.32. The van der Waals surface area contributed by atoms with Gasteiger partial charge in [-0.25, -0.2) is 0 Å². The summed E-state index contributed by atoms with van der Waals surface area (Å²) in [5.41, 5.74) is 0. The Hall–Kier alpha value is -0.740. The average molecular weight is 240 g/mol. The van der Waals surface area contributed by atoms with E-state index in [1.807, 2.05) is 13.8 Å². The van der Waals surface area contributed by atoms with Crippen LogP contribution in [0.5, 0.6) is 0 Å². The molecular formula is C13H20O4. The Bertz CT molecular complexity index is 315. The van der Waals surface area contributed by atoms with E-state index in [0.717, 1.165) is 0 Å². The summed E-state index contributed by atoms with van der Waals surface area (Å²) in [7, 11) is 0. The van der Waals surface area contributed by atoms with E-state index in [9.17, 15) is 9.59 Å². The molecule has 2 fully saturated rings. The van der Waals surface area contributed by atoms with Gasteiger partial charge in [-0.3, -0.25) is 9.59 Å². The minimum atomic E-state index is -1.02. The van der Waals surface area contributed by atoms with Gasteiger partial charge in [-0.05, 0) is 0 Å². The number of ether oxygens (including phenoxy) is 2. The molecule has 2 aliphatic heterocycles. The Labute approximate surface area is 102 Å². The van der Waals surface area contributed by atoms with Crippen molar-refractivity contribution in [2.24, 2.45) is 23.7 Å². The van der Waals surface area contributed by atoms with Gasteiger partial charge < -0.3 is 9.47 Å². The lowest BCUT2D eigenvalue weighted by atomic mass is 9.75. The number of ketones is 2. The van der Waals surface area contributed by atoms with Gasteiger partial charge in [0.25, 0.3) is 0 Å². The first-order valence-electron chi connectivity index (χ1n) is 6.25. The molecule has 2 rings (SSSR count). The molecule has 0 aromatic rings. The summed E-state index contributed by atoms with van der Waals surface area (Å²) < 4.78 is 11.5. The van der Waals surface area contributed by atoms with Crippen molar-refractivity contribution in [1.82, 2.24) is 0 Å². The van der Waals surface area contributed by atoms with Crippen LogP contribution in [0.1, 0.15) is 27.7 Å². The van der Waals surface area contributed by atoms with E-state index >= 15 is 0 Å². The minimum Gasteiger partial charge on any atom is -0.348 e. The zero-order valence-corrected chi connectivity index (χ0v) is 10.9. The molecule has 4 heteroatoms. The lowest BCUT2D eigenvalue weighted by Crippen LogP contribution is -2.62. The molecule has 0 aromatic heterocycles. The number of Topliss-reactive ketones (excluding diaryl/α,β-unsaturated/α-hetero) is 2.